The molecule has 1 aromatic carbocycles. The van der Waals surface area contributed by atoms with Crippen molar-refractivity contribution in [3.63, 3.8) is 0 Å². The van der Waals surface area contributed by atoms with Gasteiger partial charge in [0.25, 0.3) is 0 Å². The second kappa shape index (κ2) is 15.3. The Labute approximate surface area is 180 Å². The number of ether oxygens (including phenoxy) is 1. The van der Waals surface area contributed by atoms with E-state index >= 15 is 0 Å². The molecule has 29 heavy (non-hydrogen) atoms. The monoisotopic (exact) mass is 400 g/mol. The minimum Gasteiger partial charge on any atom is -0.458 e. The minimum atomic E-state index is -0.248. The zero-order valence-corrected chi connectivity index (χ0v) is 19.6. The summed E-state index contributed by atoms with van der Waals surface area (Å²) in [5, 5.41) is 0. The summed E-state index contributed by atoms with van der Waals surface area (Å²) in [6.45, 7) is 12.0. The van der Waals surface area contributed by atoms with Gasteiger partial charge in [0.2, 0.25) is 0 Å². The summed E-state index contributed by atoms with van der Waals surface area (Å²) in [6, 6.07) is 9.18. The van der Waals surface area contributed by atoms with Gasteiger partial charge < -0.3 is 4.74 Å². The predicted molar refractivity (Wildman–Crippen MR) is 125 cm³/mol. The van der Waals surface area contributed by atoms with Gasteiger partial charge in [-0.2, -0.15) is 0 Å². The molecule has 1 rings (SSSR count). The van der Waals surface area contributed by atoms with Crippen molar-refractivity contribution in [3.8, 4) is 0 Å². The maximum Gasteiger partial charge on any atom is 0.338 e. The topological polar surface area (TPSA) is 26.3 Å². The quantitative estimate of drug-likeness (QED) is 0.219. The number of carbonyl (C=O) groups excluding carboxylic acids is 1. The first kappa shape index (κ1) is 25.5. The molecule has 0 fully saturated rings. The molecule has 2 atom stereocenters. The molecule has 2 heteroatoms. The van der Waals surface area contributed by atoms with Gasteiger partial charge in [-0.3, -0.25) is 0 Å². The minimum absolute atomic E-state index is 0.248. The lowest BCUT2D eigenvalue weighted by Gasteiger charge is -2.15. The highest BCUT2D eigenvalue weighted by atomic mass is 16.5. The lowest BCUT2D eigenvalue weighted by molar-refractivity contribution is 0.0549. The Morgan fingerprint density at radius 3 is 2.00 bits per heavy atom. The van der Waals surface area contributed by atoms with Crippen LogP contribution in [-0.4, -0.2) is 12.6 Å². The summed E-state index contributed by atoms with van der Waals surface area (Å²) in [5.74, 6) is 2.28. The van der Waals surface area contributed by atoms with Crippen LogP contribution in [0.25, 0.3) is 0 Å². The van der Waals surface area contributed by atoms with Crippen molar-refractivity contribution in [3.05, 3.63) is 47.5 Å². The van der Waals surface area contributed by atoms with Crippen LogP contribution in [0.2, 0.25) is 0 Å². The second-order valence-electron chi connectivity index (χ2n) is 9.37. The molecular weight excluding hydrogens is 356 g/mol. The molecular formula is C27H44O2. The Bertz CT molecular complexity index is 573. The molecule has 0 radical (unpaired) electrons. The summed E-state index contributed by atoms with van der Waals surface area (Å²) in [5.41, 5.74) is 1.93. The van der Waals surface area contributed by atoms with E-state index in [0.29, 0.717) is 12.2 Å². The van der Waals surface area contributed by atoms with Gasteiger partial charge in [-0.15, -0.1) is 0 Å². The van der Waals surface area contributed by atoms with E-state index in [2.05, 4.69) is 34.6 Å². The molecule has 0 heterocycles. The third-order valence-electron chi connectivity index (χ3n) is 5.80. The van der Waals surface area contributed by atoms with Crippen LogP contribution in [0, 0.1) is 17.8 Å². The Morgan fingerprint density at radius 2 is 1.41 bits per heavy atom. The normalized spacial score (nSPS) is 14.1. The van der Waals surface area contributed by atoms with Crippen LogP contribution in [0.15, 0.2) is 42.0 Å². The first-order chi connectivity index (χ1) is 13.9. The molecule has 2 unspecified atom stereocenters. The van der Waals surface area contributed by atoms with Gasteiger partial charge in [-0.05, 0) is 55.7 Å². The van der Waals surface area contributed by atoms with Crippen LogP contribution < -0.4 is 0 Å². The van der Waals surface area contributed by atoms with E-state index in [-0.39, 0.29) is 5.97 Å². The zero-order chi connectivity index (χ0) is 21.5. The largest absolute Gasteiger partial charge is 0.458 e. The van der Waals surface area contributed by atoms with Crippen LogP contribution in [0.4, 0.5) is 0 Å². The number of benzene rings is 1. The fourth-order valence-corrected chi connectivity index (χ4v) is 3.73. The van der Waals surface area contributed by atoms with Gasteiger partial charge in [-0.1, -0.05) is 96.4 Å². The maximum atomic E-state index is 11.9. The summed E-state index contributed by atoms with van der Waals surface area (Å²) < 4.78 is 5.33. The first-order valence-electron chi connectivity index (χ1n) is 11.8. The van der Waals surface area contributed by atoms with E-state index in [9.17, 15) is 4.79 Å². The summed E-state index contributed by atoms with van der Waals surface area (Å²) in [7, 11) is 0. The van der Waals surface area contributed by atoms with Gasteiger partial charge in [0, 0.05) is 0 Å². The van der Waals surface area contributed by atoms with E-state index in [1.165, 1.54) is 56.9 Å². The summed E-state index contributed by atoms with van der Waals surface area (Å²) in [4.78, 5) is 11.9. The zero-order valence-electron chi connectivity index (χ0n) is 19.6. The van der Waals surface area contributed by atoms with Gasteiger partial charge in [0.15, 0.2) is 0 Å². The molecule has 0 bridgehead atoms. The summed E-state index contributed by atoms with van der Waals surface area (Å²) >= 11 is 0. The van der Waals surface area contributed by atoms with E-state index in [1.807, 2.05) is 24.3 Å². The average Bonchev–Trinajstić information content (AvgIpc) is 2.68. The average molecular weight is 401 g/mol. The van der Waals surface area contributed by atoms with Crippen molar-refractivity contribution in [1.82, 2.24) is 0 Å². The van der Waals surface area contributed by atoms with Crippen molar-refractivity contribution in [2.75, 3.05) is 6.61 Å². The molecule has 0 aliphatic rings. The standard InChI is InChI=1S/C27H44O2/c1-22(2)12-9-13-23(3)14-10-15-24(4)16-11-17-25(5)20-21-29-27(28)26-18-7-6-8-19-26/h6-8,18-20,22-24H,9-17,21H2,1-5H3. The molecule has 0 aromatic heterocycles. The lowest BCUT2D eigenvalue weighted by atomic mass is 9.91. The van der Waals surface area contributed by atoms with E-state index in [0.717, 1.165) is 24.2 Å². The highest BCUT2D eigenvalue weighted by Crippen LogP contribution is 2.22. The third-order valence-corrected chi connectivity index (χ3v) is 5.80. The number of esters is 1. The first-order valence-corrected chi connectivity index (χ1v) is 11.8. The summed E-state index contributed by atoms with van der Waals surface area (Å²) in [6.07, 6.45) is 13.9. The molecule has 0 aliphatic carbocycles. The molecule has 164 valence electrons. The SMILES string of the molecule is CC(=CCOC(=O)c1ccccc1)CCCC(C)CCCC(C)CCCC(C)C. The van der Waals surface area contributed by atoms with Crippen molar-refractivity contribution < 1.29 is 9.53 Å². The molecule has 1 aromatic rings. The van der Waals surface area contributed by atoms with Crippen LogP contribution in [0.1, 0.15) is 103 Å². The molecule has 0 aliphatic heterocycles. The number of hydrogen-bond acceptors (Lipinski definition) is 2. The lowest BCUT2D eigenvalue weighted by Crippen LogP contribution is -2.05. The second-order valence-corrected chi connectivity index (χ2v) is 9.37. The molecule has 0 amide bonds. The van der Waals surface area contributed by atoms with Crippen LogP contribution in [0.3, 0.4) is 0 Å². The van der Waals surface area contributed by atoms with Crippen molar-refractivity contribution in [2.24, 2.45) is 17.8 Å². The van der Waals surface area contributed by atoms with E-state index < -0.39 is 0 Å². The smallest absolute Gasteiger partial charge is 0.338 e. The van der Waals surface area contributed by atoms with Crippen molar-refractivity contribution in [1.29, 1.82) is 0 Å². The van der Waals surface area contributed by atoms with Crippen molar-refractivity contribution in [2.45, 2.75) is 92.4 Å². The van der Waals surface area contributed by atoms with E-state index in [4.69, 9.17) is 4.74 Å². The third kappa shape index (κ3) is 13.3. The van der Waals surface area contributed by atoms with Crippen LogP contribution >= 0.6 is 0 Å². The number of rotatable bonds is 15. The highest BCUT2D eigenvalue weighted by molar-refractivity contribution is 5.89. The Balaban J connectivity index is 2.08. The number of allylic oxidation sites excluding steroid dienone is 1. The molecule has 0 N–H and O–H groups in total. The van der Waals surface area contributed by atoms with Crippen molar-refractivity contribution >= 4 is 5.97 Å². The highest BCUT2D eigenvalue weighted by Gasteiger charge is 2.07. The maximum absolute atomic E-state index is 11.9. The Hall–Kier alpha value is -1.57. The Morgan fingerprint density at radius 1 is 0.862 bits per heavy atom. The van der Waals surface area contributed by atoms with E-state index in [1.54, 1.807) is 12.1 Å². The molecule has 2 nitrogen and oxygen atoms in total. The van der Waals surface area contributed by atoms with Crippen LogP contribution in [-0.2, 0) is 4.74 Å². The Kier molecular flexibility index (Phi) is 13.4. The fourth-order valence-electron chi connectivity index (χ4n) is 3.73. The van der Waals surface area contributed by atoms with Crippen LogP contribution in [0.5, 0.6) is 0 Å². The molecule has 0 spiro atoms. The number of hydrogen-bond donors (Lipinski definition) is 0. The molecule has 0 saturated carbocycles. The number of carbonyl (C=O) groups is 1. The van der Waals surface area contributed by atoms with Gasteiger partial charge >= 0.3 is 5.97 Å². The fraction of sp³-hybridized carbons (Fsp3) is 0.667. The van der Waals surface area contributed by atoms with Gasteiger partial charge in [0.05, 0.1) is 5.56 Å². The van der Waals surface area contributed by atoms with Gasteiger partial charge in [0.1, 0.15) is 6.61 Å². The molecule has 0 saturated heterocycles. The van der Waals surface area contributed by atoms with Gasteiger partial charge in [-0.25, -0.2) is 4.79 Å². The predicted octanol–water partition coefficient (Wildman–Crippen LogP) is 8.23.